The predicted octanol–water partition coefficient (Wildman–Crippen LogP) is 2.86. The van der Waals surface area contributed by atoms with E-state index in [0.717, 1.165) is 5.82 Å². The summed E-state index contributed by atoms with van der Waals surface area (Å²) >= 11 is 0. The Morgan fingerprint density at radius 2 is 1.62 bits per heavy atom. The minimum atomic E-state index is 1.06. The van der Waals surface area contributed by atoms with Crippen LogP contribution in [0.1, 0.15) is 38.9 Å². The molecule has 0 N–H and O–H groups in total. The Labute approximate surface area is 100 Å². The molecule has 2 heterocycles. The number of hydrogen-bond acceptors (Lipinski definition) is 2. The van der Waals surface area contributed by atoms with Gasteiger partial charge in [0.1, 0.15) is 5.82 Å². The third-order valence-electron chi connectivity index (χ3n) is 2.64. The van der Waals surface area contributed by atoms with E-state index in [2.05, 4.69) is 16.9 Å². The van der Waals surface area contributed by atoms with Gasteiger partial charge in [-0.25, -0.2) is 4.98 Å². The van der Waals surface area contributed by atoms with Crippen LogP contribution in [0.3, 0.4) is 0 Å². The zero-order valence-electron chi connectivity index (χ0n) is 11.5. The van der Waals surface area contributed by atoms with Gasteiger partial charge in [-0.1, -0.05) is 20.3 Å². The lowest BCUT2D eigenvalue weighted by atomic mass is 10.1. The number of hydrogen-bond donors (Lipinski definition) is 0. The van der Waals surface area contributed by atoms with Gasteiger partial charge < -0.3 is 9.47 Å². The fourth-order valence-electron chi connectivity index (χ4n) is 1.49. The molecule has 1 aliphatic heterocycles. The van der Waals surface area contributed by atoms with Gasteiger partial charge in [0.2, 0.25) is 0 Å². The van der Waals surface area contributed by atoms with Crippen molar-refractivity contribution in [2.45, 2.75) is 40.0 Å². The molecule has 3 heteroatoms. The molecule has 2 rings (SSSR count). The third-order valence-corrected chi connectivity index (χ3v) is 2.64. The summed E-state index contributed by atoms with van der Waals surface area (Å²) in [6.45, 7) is 8.61. The van der Waals surface area contributed by atoms with Crippen LogP contribution in [0.25, 0.3) is 0 Å². The summed E-state index contributed by atoms with van der Waals surface area (Å²) in [6, 6.07) is 0. The molecule has 94 valence electrons. The van der Waals surface area contributed by atoms with Crippen LogP contribution in [0.2, 0.25) is 0 Å². The normalized spacial score (nSPS) is 15.6. The number of imidazole rings is 1. The van der Waals surface area contributed by atoms with E-state index in [-0.39, 0.29) is 0 Å². The molecule has 0 aliphatic carbocycles. The number of aryl methyl sites for hydroxylation is 2. The van der Waals surface area contributed by atoms with Gasteiger partial charge in [-0.05, 0) is 39.9 Å². The molecule has 3 nitrogen and oxygen atoms in total. The van der Waals surface area contributed by atoms with Crippen LogP contribution in [0.15, 0.2) is 12.4 Å². The number of nitrogens with zero attached hydrogens (tertiary/aromatic N) is 3. The molecule has 0 spiro atoms. The molecular weight excluding hydrogens is 198 g/mol. The van der Waals surface area contributed by atoms with Gasteiger partial charge in [-0.15, -0.1) is 0 Å². The van der Waals surface area contributed by atoms with Gasteiger partial charge in [0.25, 0.3) is 0 Å². The average molecular weight is 225 g/mol. The lowest BCUT2D eigenvalue weighted by Crippen LogP contribution is -2.24. The monoisotopic (exact) mass is 225 g/mol. The highest BCUT2D eigenvalue weighted by Gasteiger charge is 2.02. The van der Waals surface area contributed by atoms with Gasteiger partial charge in [0.05, 0.1) is 0 Å². The maximum atomic E-state index is 3.98. The van der Waals surface area contributed by atoms with Crippen LogP contribution in [0.4, 0.5) is 0 Å². The molecule has 0 aromatic carbocycles. The highest BCUT2D eigenvalue weighted by molar-refractivity contribution is 4.85. The van der Waals surface area contributed by atoms with Crippen LogP contribution in [-0.2, 0) is 7.05 Å². The van der Waals surface area contributed by atoms with Gasteiger partial charge in [0.15, 0.2) is 0 Å². The van der Waals surface area contributed by atoms with Crippen molar-refractivity contribution in [3.8, 4) is 0 Å². The number of aromatic nitrogens is 2. The first-order valence-electron chi connectivity index (χ1n) is 6.32. The standard InChI is InChI=1S/C6H13N.C5H8N2.C2H6/c1-7-5-3-2-4-6-7;1-5-6-3-4-7(5)2;1-2/h2-6H2,1H3;3-4H,1-2H3;1-2H3. The topological polar surface area (TPSA) is 21.1 Å². The van der Waals surface area contributed by atoms with Gasteiger partial charge in [0, 0.05) is 19.4 Å². The van der Waals surface area contributed by atoms with E-state index in [4.69, 9.17) is 0 Å². The maximum absolute atomic E-state index is 3.98. The van der Waals surface area contributed by atoms with Gasteiger partial charge >= 0.3 is 0 Å². The van der Waals surface area contributed by atoms with E-state index in [9.17, 15) is 0 Å². The first-order chi connectivity index (χ1) is 7.70. The minimum Gasteiger partial charge on any atom is -0.338 e. The minimum absolute atomic E-state index is 1.06. The Morgan fingerprint density at radius 3 is 1.81 bits per heavy atom. The second kappa shape index (κ2) is 9.40. The predicted molar refractivity (Wildman–Crippen MR) is 70.6 cm³/mol. The zero-order valence-corrected chi connectivity index (χ0v) is 11.5. The summed E-state index contributed by atoms with van der Waals surface area (Å²) < 4.78 is 1.97. The summed E-state index contributed by atoms with van der Waals surface area (Å²) in [5.41, 5.74) is 0. The van der Waals surface area contributed by atoms with Crippen LogP contribution < -0.4 is 0 Å². The Morgan fingerprint density at radius 1 is 1.06 bits per heavy atom. The maximum Gasteiger partial charge on any atom is 0.105 e. The van der Waals surface area contributed by atoms with E-state index in [1.54, 1.807) is 6.20 Å². The van der Waals surface area contributed by atoms with Crippen molar-refractivity contribution < 1.29 is 0 Å². The molecular formula is C13H27N3. The van der Waals surface area contributed by atoms with E-state index in [0.29, 0.717) is 0 Å². The lowest BCUT2D eigenvalue weighted by Gasteiger charge is -2.20. The van der Waals surface area contributed by atoms with Crippen LogP contribution in [0, 0.1) is 6.92 Å². The average Bonchev–Trinajstić information content (AvgIpc) is 2.68. The highest BCUT2D eigenvalue weighted by atomic mass is 15.1. The zero-order chi connectivity index (χ0) is 12.4. The van der Waals surface area contributed by atoms with E-state index in [1.165, 1.54) is 32.4 Å². The summed E-state index contributed by atoms with van der Waals surface area (Å²) in [7, 11) is 4.17. The van der Waals surface area contributed by atoms with Crippen LogP contribution in [0.5, 0.6) is 0 Å². The van der Waals surface area contributed by atoms with E-state index >= 15 is 0 Å². The molecule has 0 atom stereocenters. The van der Waals surface area contributed by atoms with Crippen molar-refractivity contribution in [1.82, 2.24) is 14.5 Å². The molecule has 1 aromatic heterocycles. The first-order valence-corrected chi connectivity index (χ1v) is 6.32. The number of likely N-dealkylation sites (tertiary alicyclic amines) is 1. The second-order valence-corrected chi connectivity index (χ2v) is 3.95. The van der Waals surface area contributed by atoms with Crippen molar-refractivity contribution in [3.05, 3.63) is 18.2 Å². The Kier molecular flexibility index (Phi) is 8.91. The Bertz CT molecular complexity index is 233. The summed E-state index contributed by atoms with van der Waals surface area (Å²) in [5, 5.41) is 0. The van der Waals surface area contributed by atoms with Crippen molar-refractivity contribution in [3.63, 3.8) is 0 Å². The number of rotatable bonds is 0. The van der Waals surface area contributed by atoms with E-state index < -0.39 is 0 Å². The molecule has 1 saturated heterocycles. The highest BCUT2D eigenvalue weighted by Crippen LogP contribution is 2.04. The molecule has 0 saturated carbocycles. The molecule has 0 unspecified atom stereocenters. The van der Waals surface area contributed by atoms with Crippen molar-refractivity contribution >= 4 is 0 Å². The van der Waals surface area contributed by atoms with Gasteiger partial charge in [-0.3, -0.25) is 0 Å². The Hall–Kier alpha value is -0.830. The molecule has 16 heavy (non-hydrogen) atoms. The van der Waals surface area contributed by atoms with Crippen LogP contribution in [-0.4, -0.2) is 34.6 Å². The molecule has 1 aliphatic rings. The summed E-state index contributed by atoms with van der Waals surface area (Å²) in [6.07, 6.45) is 7.99. The van der Waals surface area contributed by atoms with Gasteiger partial charge in [-0.2, -0.15) is 0 Å². The second-order valence-electron chi connectivity index (χ2n) is 3.95. The summed E-state index contributed by atoms with van der Waals surface area (Å²) in [4.78, 5) is 6.37. The summed E-state index contributed by atoms with van der Waals surface area (Å²) in [5.74, 6) is 1.06. The SMILES string of the molecule is CC.CN1CCCCC1.Cc1nccn1C. The molecule has 0 amide bonds. The van der Waals surface area contributed by atoms with E-state index in [1.807, 2.05) is 38.6 Å². The van der Waals surface area contributed by atoms with Crippen molar-refractivity contribution in [2.24, 2.45) is 7.05 Å². The Balaban J connectivity index is 0.000000244. The molecule has 0 bridgehead atoms. The molecule has 0 radical (unpaired) electrons. The van der Waals surface area contributed by atoms with Crippen molar-refractivity contribution in [1.29, 1.82) is 0 Å². The smallest absolute Gasteiger partial charge is 0.105 e. The number of piperidine rings is 1. The molecule has 1 fully saturated rings. The largest absolute Gasteiger partial charge is 0.338 e. The fraction of sp³-hybridized carbons (Fsp3) is 0.769. The van der Waals surface area contributed by atoms with Crippen molar-refractivity contribution in [2.75, 3.05) is 20.1 Å². The lowest BCUT2D eigenvalue weighted by molar-refractivity contribution is 0.277. The molecule has 1 aromatic rings. The fourth-order valence-corrected chi connectivity index (χ4v) is 1.49. The first kappa shape index (κ1) is 15.2. The third kappa shape index (κ3) is 6.62. The van der Waals surface area contributed by atoms with Crippen LogP contribution >= 0.6 is 0 Å². The quantitative estimate of drug-likeness (QED) is 0.677.